The molecule has 2 rings (SSSR count). The number of nitrogens with zero attached hydrogens (tertiary/aromatic N) is 1. The molecule has 1 nitrogen and oxygen atoms in total. The van der Waals surface area contributed by atoms with Crippen molar-refractivity contribution in [2.75, 3.05) is 0 Å². The predicted octanol–water partition coefficient (Wildman–Crippen LogP) is 4.20. The summed E-state index contributed by atoms with van der Waals surface area (Å²) in [6, 6.07) is 17.6. The Labute approximate surface area is 109 Å². The lowest BCUT2D eigenvalue weighted by Gasteiger charge is -1.91. The van der Waals surface area contributed by atoms with E-state index in [2.05, 4.69) is 32.8 Å². The zero-order valence-electron chi connectivity index (χ0n) is 9.10. The zero-order chi connectivity index (χ0) is 11.9. The summed E-state index contributed by atoms with van der Waals surface area (Å²) in [6.45, 7) is 0. The van der Waals surface area contributed by atoms with E-state index in [1.54, 1.807) is 6.21 Å². The predicted molar refractivity (Wildman–Crippen MR) is 75.6 cm³/mol. The summed E-state index contributed by atoms with van der Waals surface area (Å²) < 4.78 is 1.05. The van der Waals surface area contributed by atoms with Crippen LogP contribution in [0.4, 0.5) is 5.69 Å². The van der Waals surface area contributed by atoms with Gasteiger partial charge in [0.2, 0.25) is 0 Å². The minimum absolute atomic E-state index is 0.899. The average Bonchev–Trinajstić information content (AvgIpc) is 2.38. The standard InChI is InChI=1S/C15H10BrN/c16-14-8-10-15(11-9-14)17-12-4-7-13-5-2-1-3-6-13/h1-3,5-6,8-12H. The molecule has 0 aliphatic carbocycles. The molecule has 0 fully saturated rings. The van der Waals surface area contributed by atoms with Crippen molar-refractivity contribution in [1.82, 2.24) is 0 Å². The number of rotatable bonds is 1. The van der Waals surface area contributed by atoms with Crippen LogP contribution in [0.15, 0.2) is 64.1 Å². The van der Waals surface area contributed by atoms with E-state index >= 15 is 0 Å². The quantitative estimate of drug-likeness (QED) is 0.549. The molecule has 17 heavy (non-hydrogen) atoms. The Morgan fingerprint density at radius 1 is 0.941 bits per heavy atom. The highest BCUT2D eigenvalue weighted by Crippen LogP contribution is 2.15. The largest absolute Gasteiger partial charge is 0.248 e. The molecule has 0 aliphatic heterocycles. The molecule has 0 radical (unpaired) electrons. The summed E-state index contributed by atoms with van der Waals surface area (Å²) in [5, 5.41) is 0. The highest BCUT2D eigenvalue weighted by molar-refractivity contribution is 9.10. The first kappa shape index (κ1) is 11.6. The van der Waals surface area contributed by atoms with Crippen molar-refractivity contribution in [2.45, 2.75) is 0 Å². The Morgan fingerprint density at radius 2 is 1.65 bits per heavy atom. The molecule has 2 heteroatoms. The molecule has 0 amide bonds. The number of aliphatic imine (C=N–C) groups is 1. The van der Waals surface area contributed by atoms with Crippen molar-refractivity contribution < 1.29 is 0 Å². The molecule has 82 valence electrons. The number of hydrogen-bond acceptors (Lipinski definition) is 1. The maximum absolute atomic E-state index is 4.24. The molecule has 0 heterocycles. The molecular weight excluding hydrogens is 274 g/mol. The average molecular weight is 284 g/mol. The van der Waals surface area contributed by atoms with Gasteiger partial charge < -0.3 is 0 Å². The fraction of sp³-hybridized carbons (Fsp3) is 0. The number of benzene rings is 2. The molecule has 0 aromatic heterocycles. The Kier molecular flexibility index (Phi) is 4.12. The van der Waals surface area contributed by atoms with Crippen LogP contribution in [0.1, 0.15) is 5.56 Å². The van der Waals surface area contributed by atoms with Gasteiger partial charge in [-0.15, -0.1) is 0 Å². The van der Waals surface area contributed by atoms with Crippen LogP contribution >= 0.6 is 15.9 Å². The molecule has 0 atom stereocenters. The van der Waals surface area contributed by atoms with E-state index in [9.17, 15) is 0 Å². The van der Waals surface area contributed by atoms with E-state index in [-0.39, 0.29) is 0 Å². The van der Waals surface area contributed by atoms with Gasteiger partial charge in [-0.25, -0.2) is 4.99 Å². The van der Waals surface area contributed by atoms with Crippen molar-refractivity contribution in [3.8, 4) is 11.8 Å². The fourth-order valence-electron chi connectivity index (χ4n) is 1.27. The third kappa shape index (κ3) is 3.90. The first-order valence-electron chi connectivity index (χ1n) is 5.19. The topological polar surface area (TPSA) is 12.4 Å². The Morgan fingerprint density at radius 3 is 2.35 bits per heavy atom. The van der Waals surface area contributed by atoms with Crippen LogP contribution in [0.3, 0.4) is 0 Å². The van der Waals surface area contributed by atoms with Crippen LogP contribution in [-0.4, -0.2) is 6.21 Å². The lowest BCUT2D eigenvalue weighted by Crippen LogP contribution is -1.72. The molecule has 2 aromatic rings. The second-order valence-electron chi connectivity index (χ2n) is 3.37. The Balaban J connectivity index is 2.03. The summed E-state index contributed by atoms with van der Waals surface area (Å²) in [4.78, 5) is 4.24. The molecule has 0 unspecified atom stereocenters. The lowest BCUT2D eigenvalue weighted by molar-refractivity contribution is 1.53. The Hall–Kier alpha value is -1.85. The first-order chi connectivity index (χ1) is 8.34. The van der Waals surface area contributed by atoms with E-state index < -0.39 is 0 Å². The van der Waals surface area contributed by atoms with Crippen molar-refractivity contribution in [3.63, 3.8) is 0 Å². The number of halogens is 1. The smallest absolute Gasteiger partial charge is 0.0777 e. The van der Waals surface area contributed by atoms with E-state index in [1.165, 1.54) is 0 Å². The van der Waals surface area contributed by atoms with Gasteiger partial charge in [-0.3, -0.25) is 0 Å². The Bertz CT molecular complexity index is 559. The normalized spacial score (nSPS) is 9.94. The van der Waals surface area contributed by atoms with E-state index in [4.69, 9.17) is 0 Å². The fourth-order valence-corrected chi connectivity index (χ4v) is 1.54. The van der Waals surface area contributed by atoms with Crippen LogP contribution in [0.2, 0.25) is 0 Å². The molecule has 0 saturated heterocycles. The van der Waals surface area contributed by atoms with Crippen LogP contribution in [0, 0.1) is 11.8 Å². The summed E-state index contributed by atoms with van der Waals surface area (Å²) in [7, 11) is 0. The molecule has 0 N–H and O–H groups in total. The number of hydrogen-bond donors (Lipinski definition) is 0. The second-order valence-corrected chi connectivity index (χ2v) is 4.29. The van der Waals surface area contributed by atoms with Crippen molar-refractivity contribution in [1.29, 1.82) is 0 Å². The van der Waals surface area contributed by atoms with Gasteiger partial charge in [0.05, 0.1) is 11.9 Å². The highest BCUT2D eigenvalue weighted by Gasteiger charge is 1.86. The van der Waals surface area contributed by atoms with Crippen LogP contribution in [-0.2, 0) is 0 Å². The maximum atomic E-state index is 4.24. The summed E-state index contributed by atoms with van der Waals surface area (Å²) in [5.74, 6) is 5.93. The summed E-state index contributed by atoms with van der Waals surface area (Å²) in [6.07, 6.45) is 1.62. The minimum atomic E-state index is 0.899. The van der Waals surface area contributed by atoms with Gasteiger partial charge in [-0.05, 0) is 42.3 Å². The van der Waals surface area contributed by atoms with Gasteiger partial charge in [0, 0.05) is 10.0 Å². The first-order valence-corrected chi connectivity index (χ1v) is 5.98. The monoisotopic (exact) mass is 283 g/mol. The van der Waals surface area contributed by atoms with Gasteiger partial charge in [0.25, 0.3) is 0 Å². The summed E-state index contributed by atoms with van der Waals surface area (Å²) >= 11 is 3.38. The van der Waals surface area contributed by atoms with Crippen molar-refractivity contribution in [2.24, 2.45) is 4.99 Å². The molecule has 0 spiro atoms. The molecular formula is C15H10BrN. The highest BCUT2D eigenvalue weighted by atomic mass is 79.9. The van der Waals surface area contributed by atoms with Gasteiger partial charge in [-0.2, -0.15) is 0 Å². The van der Waals surface area contributed by atoms with E-state index in [1.807, 2.05) is 54.6 Å². The molecule has 0 bridgehead atoms. The van der Waals surface area contributed by atoms with Gasteiger partial charge >= 0.3 is 0 Å². The zero-order valence-corrected chi connectivity index (χ0v) is 10.7. The summed E-state index contributed by atoms with van der Waals surface area (Å²) in [5.41, 5.74) is 1.89. The molecule has 0 aliphatic rings. The van der Waals surface area contributed by atoms with Crippen LogP contribution in [0.25, 0.3) is 0 Å². The third-order valence-electron chi connectivity index (χ3n) is 2.10. The third-order valence-corrected chi connectivity index (χ3v) is 2.62. The SMILES string of the molecule is Brc1ccc(N=CC#Cc2ccccc2)cc1. The molecule has 2 aromatic carbocycles. The van der Waals surface area contributed by atoms with Gasteiger partial charge in [-0.1, -0.05) is 40.0 Å². The lowest BCUT2D eigenvalue weighted by atomic mass is 10.2. The van der Waals surface area contributed by atoms with Crippen LogP contribution < -0.4 is 0 Å². The van der Waals surface area contributed by atoms with Crippen molar-refractivity contribution in [3.05, 3.63) is 64.6 Å². The molecule has 0 saturated carbocycles. The van der Waals surface area contributed by atoms with E-state index in [0.717, 1.165) is 15.7 Å². The minimum Gasteiger partial charge on any atom is -0.248 e. The van der Waals surface area contributed by atoms with Gasteiger partial charge in [0.15, 0.2) is 0 Å². The van der Waals surface area contributed by atoms with Crippen molar-refractivity contribution >= 4 is 27.8 Å². The van der Waals surface area contributed by atoms with Crippen LogP contribution in [0.5, 0.6) is 0 Å². The van der Waals surface area contributed by atoms with E-state index in [0.29, 0.717) is 0 Å². The van der Waals surface area contributed by atoms with Gasteiger partial charge in [0.1, 0.15) is 0 Å². The second kappa shape index (κ2) is 6.03. The maximum Gasteiger partial charge on any atom is 0.0777 e.